The van der Waals surface area contributed by atoms with Gasteiger partial charge >= 0.3 is 6.03 Å². The Kier molecular flexibility index (Phi) is 2.97. The lowest BCUT2D eigenvalue weighted by molar-refractivity contribution is -0.135. The maximum absolute atomic E-state index is 12.8. The van der Waals surface area contributed by atoms with Crippen molar-refractivity contribution in [2.45, 2.75) is 30.9 Å². The molecule has 2 fully saturated rings. The number of hydrogen-bond donors (Lipinski definition) is 2. The summed E-state index contributed by atoms with van der Waals surface area (Å²) in [6.45, 7) is -0.113. The minimum atomic E-state index is -1.01. The highest BCUT2D eigenvalue weighted by molar-refractivity contribution is 6.07. The molecule has 106 valence electrons. The zero-order valence-electron chi connectivity index (χ0n) is 10.8. The number of urea groups is 1. The van der Waals surface area contributed by atoms with E-state index in [0.717, 1.165) is 11.3 Å². The van der Waals surface area contributed by atoms with Gasteiger partial charge in [0.2, 0.25) is 0 Å². The number of aliphatic hydroxyl groups is 1. The number of nitrogens with one attached hydrogen (secondary N) is 1. The second-order valence-electron chi connectivity index (χ2n) is 5.35. The molecule has 20 heavy (non-hydrogen) atoms. The second kappa shape index (κ2) is 4.56. The third-order valence-corrected chi connectivity index (χ3v) is 4.06. The Morgan fingerprint density at radius 2 is 1.95 bits per heavy atom. The number of β-amino-alcohol motifs (C(OH)–C–C–N with tert-alkyl or cyclic N) is 1. The first kappa shape index (κ1) is 13.1. The topological polar surface area (TPSA) is 69.6 Å². The first-order chi connectivity index (χ1) is 9.52. The zero-order chi connectivity index (χ0) is 14.3. The van der Waals surface area contributed by atoms with E-state index in [1.54, 1.807) is 0 Å². The first-order valence-electron chi connectivity index (χ1n) is 6.59. The Hall–Kier alpha value is -1.95. The van der Waals surface area contributed by atoms with Crippen LogP contribution in [0.15, 0.2) is 24.3 Å². The summed E-state index contributed by atoms with van der Waals surface area (Å²) >= 11 is 0. The molecule has 0 bridgehead atoms. The highest BCUT2D eigenvalue weighted by Gasteiger charge is 2.54. The molecule has 0 radical (unpaired) electrons. The summed E-state index contributed by atoms with van der Waals surface area (Å²) in [4.78, 5) is 25.1. The molecule has 5 nitrogen and oxygen atoms in total. The molecule has 6 heteroatoms. The van der Waals surface area contributed by atoms with Gasteiger partial charge in [-0.2, -0.15) is 0 Å². The molecule has 2 aliphatic rings. The van der Waals surface area contributed by atoms with Gasteiger partial charge < -0.3 is 10.4 Å². The average Bonchev–Trinajstić information content (AvgIpc) is 2.64. The highest BCUT2D eigenvalue weighted by atomic mass is 19.1. The molecule has 1 saturated heterocycles. The van der Waals surface area contributed by atoms with Gasteiger partial charge in [-0.15, -0.1) is 0 Å². The molecule has 1 aliphatic carbocycles. The largest absolute Gasteiger partial charge is 0.387 e. The number of halogens is 1. The van der Waals surface area contributed by atoms with Crippen molar-refractivity contribution in [2.24, 2.45) is 0 Å². The van der Waals surface area contributed by atoms with Crippen molar-refractivity contribution in [1.29, 1.82) is 0 Å². The highest BCUT2D eigenvalue weighted by Crippen LogP contribution is 2.37. The third kappa shape index (κ3) is 1.96. The maximum atomic E-state index is 12.8. The second-order valence-corrected chi connectivity index (χ2v) is 5.35. The predicted octanol–water partition coefficient (Wildman–Crippen LogP) is 1.33. The van der Waals surface area contributed by atoms with Gasteiger partial charge in [-0.05, 0) is 37.0 Å². The van der Waals surface area contributed by atoms with Gasteiger partial charge in [0.1, 0.15) is 11.4 Å². The van der Waals surface area contributed by atoms with Crippen molar-refractivity contribution in [3.05, 3.63) is 35.6 Å². The fourth-order valence-electron chi connectivity index (χ4n) is 2.67. The number of imide groups is 1. The van der Waals surface area contributed by atoms with Crippen LogP contribution in [0.4, 0.5) is 9.18 Å². The number of aliphatic hydroxyl groups excluding tert-OH is 1. The SMILES string of the molecule is O=C1NC2(CCC2)C(=O)N1CC(O)c1ccc(F)cc1. The van der Waals surface area contributed by atoms with Crippen LogP contribution in [-0.2, 0) is 4.79 Å². The third-order valence-electron chi connectivity index (χ3n) is 4.06. The van der Waals surface area contributed by atoms with Gasteiger partial charge in [0.05, 0.1) is 12.6 Å². The van der Waals surface area contributed by atoms with Crippen LogP contribution in [0.3, 0.4) is 0 Å². The first-order valence-corrected chi connectivity index (χ1v) is 6.59. The molecule has 1 aromatic carbocycles. The predicted molar refractivity (Wildman–Crippen MR) is 68.2 cm³/mol. The van der Waals surface area contributed by atoms with Crippen LogP contribution in [0.5, 0.6) is 0 Å². The number of carbonyl (C=O) groups is 2. The molecule has 0 aromatic heterocycles. The number of carbonyl (C=O) groups excluding carboxylic acids is 2. The lowest BCUT2D eigenvalue weighted by Crippen LogP contribution is -2.52. The molecule has 1 spiro atoms. The Balaban J connectivity index is 1.72. The minimum Gasteiger partial charge on any atom is -0.387 e. The Labute approximate surface area is 115 Å². The summed E-state index contributed by atoms with van der Waals surface area (Å²) in [5.41, 5.74) is -0.263. The lowest BCUT2D eigenvalue weighted by Gasteiger charge is -2.35. The number of hydrogen-bond acceptors (Lipinski definition) is 3. The summed E-state index contributed by atoms with van der Waals surface area (Å²) in [6.07, 6.45) is 1.21. The van der Waals surface area contributed by atoms with Crippen molar-refractivity contribution >= 4 is 11.9 Å². The maximum Gasteiger partial charge on any atom is 0.325 e. The number of rotatable bonds is 3. The minimum absolute atomic E-state index is 0.113. The normalized spacial score (nSPS) is 21.8. The summed E-state index contributed by atoms with van der Waals surface area (Å²) in [7, 11) is 0. The Bertz CT molecular complexity index is 554. The van der Waals surface area contributed by atoms with Crippen molar-refractivity contribution in [3.63, 3.8) is 0 Å². The summed E-state index contributed by atoms with van der Waals surface area (Å²) in [5, 5.41) is 12.8. The number of amides is 3. The standard InChI is InChI=1S/C14H15FN2O3/c15-10-4-2-9(3-5-10)11(18)8-17-12(19)14(6-1-7-14)16-13(17)20/h2-5,11,18H,1,6-8H2,(H,16,20). The number of benzene rings is 1. The van der Waals surface area contributed by atoms with E-state index in [4.69, 9.17) is 0 Å². The van der Waals surface area contributed by atoms with Gasteiger partial charge in [-0.25, -0.2) is 9.18 Å². The van der Waals surface area contributed by atoms with Gasteiger partial charge in [0.15, 0.2) is 0 Å². The van der Waals surface area contributed by atoms with E-state index in [2.05, 4.69) is 5.32 Å². The smallest absolute Gasteiger partial charge is 0.325 e. The quantitative estimate of drug-likeness (QED) is 0.820. The molecule has 1 saturated carbocycles. The molecule has 1 atom stereocenters. The van der Waals surface area contributed by atoms with Crippen molar-refractivity contribution in [1.82, 2.24) is 10.2 Å². The van der Waals surface area contributed by atoms with Gasteiger partial charge in [0, 0.05) is 0 Å². The molecular weight excluding hydrogens is 263 g/mol. The van der Waals surface area contributed by atoms with Crippen LogP contribution < -0.4 is 5.32 Å². The van der Waals surface area contributed by atoms with E-state index in [0.29, 0.717) is 18.4 Å². The van der Waals surface area contributed by atoms with Crippen molar-refractivity contribution in [2.75, 3.05) is 6.54 Å². The zero-order valence-corrected chi connectivity index (χ0v) is 10.8. The van der Waals surface area contributed by atoms with Crippen LogP contribution in [0.1, 0.15) is 30.9 Å². The van der Waals surface area contributed by atoms with Crippen LogP contribution in [0, 0.1) is 5.82 Å². The molecule has 3 rings (SSSR count). The van der Waals surface area contributed by atoms with Crippen LogP contribution in [-0.4, -0.2) is 34.0 Å². The van der Waals surface area contributed by atoms with Gasteiger partial charge in [0.25, 0.3) is 5.91 Å². The monoisotopic (exact) mass is 278 g/mol. The van der Waals surface area contributed by atoms with Crippen LogP contribution >= 0.6 is 0 Å². The summed E-state index contributed by atoms with van der Waals surface area (Å²) in [6, 6.07) is 4.89. The fraction of sp³-hybridized carbons (Fsp3) is 0.429. The van der Waals surface area contributed by atoms with E-state index in [9.17, 15) is 19.1 Å². The lowest BCUT2D eigenvalue weighted by atomic mass is 9.77. The van der Waals surface area contributed by atoms with Crippen molar-refractivity contribution < 1.29 is 19.1 Å². The summed E-state index contributed by atoms with van der Waals surface area (Å²) < 4.78 is 12.8. The molecule has 1 aliphatic heterocycles. The van der Waals surface area contributed by atoms with Crippen LogP contribution in [0.25, 0.3) is 0 Å². The molecule has 2 N–H and O–H groups in total. The fourth-order valence-corrected chi connectivity index (χ4v) is 2.67. The molecule has 3 amide bonds. The van der Waals surface area contributed by atoms with E-state index in [-0.39, 0.29) is 12.5 Å². The van der Waals surface area contributed by atoms with E-state index in [1.807, 2.05) is 0 Å². The molecule has 1 unspecified atom stereocenters. The van der Waals surface area contributed by atoms with E-state index in [1.165, 1.54) is 24.3 Å². The Morgan fingerprint density at radius 1 is 1.30 bits per heavy atom. The number of nitrogens with zero attached hydrogens (tertiary/aromatic N) is 1. The molecular formula is C14H15FN2O3. The van der Waals surface area contributed by atoms with E-state index >= 15 is 0 Å². The summed E-state index contributed by atoms with van der Waals surface area (Å²) in [5.74, 6) is -0.667. The van der Waals surface area contributed by atoms with Gasteiger partial charge in [-0.1, -0.05) is 12.1 Å². The molecule has 1 aromatic rings. The average molecular weight is 278 g/mol. The molecule has 1 heterocycles. The van der Waals surface area contributed by atoms with Gasteiger partial charge in [-0.3, -0.25) is 9.69 Å². The Morgan fingerprint density at radius 3 is 2.45 bits per heavy atom. The van der Waals surface area contributed by atoms with Crippen LogP contribution in [0.2, 0.25) is 0 Å². The van der Waals surface area contributed by atoms with Crippen molar-refractivity contribution in [3.8, 4) is 0 Å². The van der Waals surface area contributed by atoms with E-state index < -0.39 is 23.5 Å².